The molecule has 0 radical (unpaired) electrons. The molecule has 0 bridgehead atoms. The molecule has 1 rings (SSSR count). The molecule has 13 heavy (non-hydrogen) atoms. The second-order valence-electron chi connectivity index (χ2n) is 2.99. The smallest absolute Gasteiger partial charge is 0.219 e. The SMILES string of the molecule is CSc1ccc(C(=O)C(C)[NH3+])cc1. The summed E-state index contributed by atoms with van der Waals surface area (Å²) in [5.74, 6) is 0.104. The number of benzene rings is 1. The third-order valence-corrected chi connectivity index (χ3v) is 2.57. The van der Waals surface area contributed by atoms with Crippen LogP contribution in [0.3, 0.4) is 0 Å². The van der Waals surface area contributed by atoms with Gasteiger partial charge in [0.2, 0.25) is 5.78 Å². The number of rotatable bonds is 3. The fourth-order valence-corrected chi connectivity index (χ4v) is 1.45. The molecular weight excluding hydrogens is 182 g/mol. The molecule has 0 spiro atoms. The number of Topliss-reactive ketones (excluding diaryl/α,β-unsaturated/α-hetero) is 1. The van der Waals surface area contributed by atoms with E-state index in [0.29, 0.717) is 0 Å². The van der Waals surface area contributed by atoms with Gasteiger partial charge in [0.25, 0.3) is 0 Å². The molecule has 0 aliphatic carbocycles. The van der Waals surface area contributed by atoms with Gasteiger partial charge >= 0.3 is 0 Å². The lowest BCUT2D eigenvalue weighted by Gasteiger charge is -2.02. The van der Waals surface area contributed by atoms with Crippen molar-refractivity contribution in [1.29, 1.82) is 0 Å². The molecule has 0 aliphatic heterocycles. The summed E-state index contributed by atoms with van der Waals surface area (Å²) in [6, 6.07) is 7.46. The maximum Gasteiger partial charge on any atom is 0.219 e. The number of carbonyl (C=O) groups excluding carboxylic acids is 1. The molecule has 2 nitrogen and oxygen atoms in total. The van der Waals surface area contributed by atoms with Crippen LogP contribution < -0.4 is 5.73 Å². The highest BCUT2D eigenvalue weighted by molar-refractivity contribution is 7.98. The van der Waals surface area contributed by atoms with Gasteiger partial charge in [-0.3, -0.25) is 4.79 Å². The van der Waals surface area contributed by atoms with Gasteiger partial charge in [0.15, 0.2) is 0 Å². The van der Waals surface area contributed by atoms with Crippen LogP contribution in [0.5, 0.6) is 0 Å². The van der Waals surface area contributed by atoms with E-state index in [1.807, 2.05) is 37.4 Å². The molecule has 3 heteroatoms. The van der Waals surface area contributed by atoms with Crippen LogP contribution in [-0.4, -0.2) is 18.1 Å². The minimum atomic E-state index is -0.167. The third kappa shape index (κ3) is 2.57. The Balaban J connectivity index is 2.86. The van der Waals surface area contributed by atoms with Crippen molar-refractivity contribution in [2.24, 2.45) is 0 Å². The van der Waals surface area contributed by atoms with E-state index in [9.17, 15) is 4.79 Å². The van der Waals surface area contributed by atoms with Gasteiger partial charge in [-0.1, -0.05) is 12.1 Å². The molecule has 0 heterocycles. The number of ketones is 1. The first-order chi connectivity index (χ1) is 6.15. The first-order valence-corrected chi connectivity index (χ1v) is 5.39. The van der Waals surface area contributed by atoms with Crippen LogP contribution in [0, 0.1) is 0 Å². The van der Waals surface area contributed by atoms with E-state index in [-0.39, 0.29) is 11.8 Å². The summed E-state index contributed by atoms with van der Waals surface area (Å²) in [4.78, 5) is 12.6. The minimum Gasteiger partial charge on any atom is -0.349 e. The van der Waals surface area contributed by atoms with Gasteiger partial charge in [-0.25, -0.2) is 0 Å². The molecule has 1 atom stereocenters. The molecule has 0 aliphatic rings. The molecule has 1 unspecified atom stereocenters. The van der Waals surface area contributed by atoms with E-state index in [1.54, 1.807) is 11.8 Å². The Morgan fingerprint density at radius 1 is 1.38 bits per heavy atom. The van der Waals surface area contributed by atoms with Crippen LogP contribution >= 0.6 is 11.8 Å². The summed E-state index contributed by atoms with van der Waals surface area (Å²) in [6.45, 7) is 1.81. The highest BCUT2D eigenvalue weighted by Crippen LogP contribution is 2.15. The van der Waals surface area contributed by atoms with Gasteiger partial charge in [-0.2, -0.15) is 0 Å². The zero-order valence-corrected chi connectivity index (χ0v) is 8.73. The lowest BCUT2D eigenvalue weighted by atomic mass is 10.1. The molecule has 1 aromatic rings. The van der Waals surface area contributed by atoms with E-state index < -0.39 is 0 Å². The van der Waals surface area contributed by atoms with Crippen molar-refractivity contribution in [3.05, 3.63) is 29.8 Å². The second kappa shape index (κ2) is 4.44. The fraction of sp³-hybridized carbons (Fsp3) is 0.300. The van der Waals surface area contributed by atoms with E-state index in [2.05, 4.69) is 5.73 Å². The molecule has 3 N–H and O–H groups in total. The number of hydrogen-bond donors (Lipinski definition) is 1. The predicted molar refractivity (Wildman–Crippen MR) is 54.9 cm³/mol. The molecule has 0 saturated carbocycles. The zero-order valence-electron chi connectivity index (χ0n) is 7.91. The van der Waals surface area contributed by atoms with E-state index >= 15 is 0 Å². The van der Waals surface area contributed by atoms with Gasteiger partial charge < -0.3 is 5.73 Å². The Morgan fingerprint density at radius 2 is 1.92 bits per heavy atom. The largest absolute Gasteiger partial charge is 0.349 e. The highest BCUT2D eigenvalue weighted by Gasteiger charge is 2.12. The van der Waals surface area contributed by atoms with Crippen molar-refractivity contribution >= 4 is 17.5 Å². The van der Waals surface area contributed by atoms with Crippen molar-refractivity contribution in [3.63, 3.8) is 0 Å². The summed E-state index contributed by atoms with van der Waals surface area (Å²) >= 11 is 1.67. The summed E-state index contributed by atoms with van der Waals surface area (Å²) in [7, 11) is 0. The van der Waals surface area contributed by atoms with E-state index in [4.69, 9.17) is 0 Å². The maximum absolute atomic E-state index is 11.5. The predicted octanol–water partition coefficient (Wildman–Crippen LogP) is 1.22. The Kier molecular flexibility index (Phi) is 3.51. The standard InChI is InChI=1S/C10H13NOS/c1-7(11)10(12)8-3-5-9(13-2)6-4-8/h3-7H,11H2,1-2H3/p+1. The topological polar surface area (TPSA) is 44.7 Å². The Labute approximate surface area is 82.5 Å². The molecule has 0 amide bonds. The summed E-state index contributed by atoms with van der Waals surface area (Å²) in [5, 5.41) is 0. The lowest BCUT2D eigenvalue weighted by Crippen LogP contribution is -2.63. The summed E-state index contributed by atoms with van der Waals surface area (Å²) in [6.07, 6.45) is 2.01. The van der Waals surface area contributed by atoms with Crippen LogP contribution in [0.15, 0.2) is 29.2 Å². The van der Waals surface area contributed by atoms with E-state index in [1.165, 1.54) is 4.90 Å². The Hall–Kier alpha value is -0.800. The van der Waals surface area contributed by atoms with E-state index in [0.717, 1.165) is 5.56 Å². The number of thioether (sulfide) groups is 1. The fourth-order valence-electron chi connectivity index (χ4n) is 1.04. The molecule has 0 aromatic heterocycles. The first kappa shape index (κ1) is 10.3. The zero-order chi connectivity index (χ0) is 9.84. The summed E-state index contributed by atoms with van der Waals surface area (Å²) < 4.78 is 0. The average molecular weight is 196 g/mol. The van der Waals surface area contributed by atoms with Crippen LogP contribution in [0.2, 0.25) is 0 Å². The molecule has 0 saturated heterocycles. The van der Waals surface area contributed by atoms with Gasteiger partial charge in [0.05, 0.1) is 0 Å². The molecule has 0 fully saturated rings. The third-order valence-electron chi connectivity index (χ3n) is 1.82. The monoisotopic (exact) mass is 196 g/mol. The number of carbonyl (C=O) groups is 1. The van der Waals surface area contributed by atoms with Crippen molar-refractivity contribution in [1.82, 2.24) is 0 Å². The Morgan fingerprint density at radius 3 is 2.31 bits per heavy atom. The summed E-state index contributed by atoms with van der Waals surface area (Å²) in [5.41, 5.74) is 4.45. The molecular formula is C10H14NOS+. The van der Waals surface area contributed by atoms with Crippen molar-refractivity contribution in [2.75, 3.05) is 6.26 Å². The average Bonchev–Trinajstić information content (AvgIpc) is 2.17. The van der Waals surface area contributed by atoms with Crippen LogP contribution in [-0.2, 0) is 0 Å². The maximum atomic E-state index is 11.5. The molecule has 1 aromatic carbocycles. The van der Waals surface area contributed by atoms with Crippen LogP contribution in [0.1, 0.15) is 17.3 Å². The van der Waals surface area contributed by atoms with Crippen LogP contribution in [0.4, 0.5) is 0 Å². The quantitative estimate of drug-likeness (QED) is 0.583. The van der Waals surface area contributed by atoms with Crippen molar-refractivity contribution in [2.45, 2.75) is 17.9 Å². The number of hydrogen-bond acceptors (Lipinski definition) is 2. The lowest BCUT2D eigenvalue weighted by molar-refractivity contribution is -0.393. The second-order valence-corrected chi connectivity index (χ2v) is 3.87. The van der Waals surface area contributed by atoms with Crippen molar-refractivity contribution < 1.29 is 10.5 Å². The van der Waals surface area contributed by atoms with Gasteiger partial charge in [0.1, 0.15) is 6.04 Å². The van der Waals surface area contributed by atoms with Gasteiger partial charge in [-0.05, 0) is 25.3 Å². The Bertz CT molecular complexity index is 292. The minimum absolute atomic E-state index is 0.104. The normalized spacial score (nSPS) is 12.5. The number of quaternary nitrogens is 1. The first-order valence-electron chi connectivity index (χ1n) is 4.16. The van der Waals surface area contributed by atoms with Gasteiger partial charge in [-0.15, -0.1) is 11.8 Å². The van der Waals surface area contributed by atoms with Crippen molar-refractivity contribution in [3.8, 4) is 0 Å². The highest BCUT2D eigenvalue weighted by atomic mass is 32.2. The van der Waals surface area contributed by atoms with Crippen LogP contribution in [0.25, 0.3) is 0 Å². The van der Waals surface area contributed by atoms with Gasteiger partial charge in [0, 0.05) is 10.5 Å². The molecule has 70 valence electrons.